The summed E-state index contributed by atoms with van der Waals surface area (Å²) in [5.74, 6) is -0.121. The van der Waals surface area contributed by atoms with Crippen LogP contribution in [0.3, 0.4) is 0 Å². The van der Waals surface area contributed by atoms with Gasteiger partial charge in [-0.25, -0.2) is 9.78 Å². The maximum absolute atomic E-state index is 12.0. The molecular formula is C17H14N2O3. The molecule has 22 heavy (non-hydrogen) atoms. The van der Waals surface area contributed by atoms with Gasteiger partial charge in [0.15, 0.2) is 0 Å². The average Bonchev–Trinajstić information content (AvgIpc) is 2.53. The van der Waals surface area contributed by atoms with E-state index in [2.05, 4.69) is 9.97 Å². The zero-order valence-corrected chi connectivity index (χ0v) is 12.0. The summed E-state index contributed by atoms with van der Waals surface area (Å²) in [6, 6.07) is 14.2. The number of ether oxygens (including phenoxy) is 1. The van der Waals surface area contributed by atoms with Crippen molar-refractivity contribution in [2.24, 2.45) is 0 Å². The Labute approximate surface area is 126 Å². The zero-order chi connectivity index (χ0) is 15.5. The highest BCUT2D eigenvalue weighted by molar-refractivity contribution is 5.89. The fourth-order valence-corrected chi connectivity index (χ4v) is 2.19. The maximum Gasteiger partial charge on any atom is 0.338 e. The van der Waals surface area contributed by atoms with Crippen LogP contribution in [0.2, 0.25) is 0 Å². The molecule has 3 aromatic rings. The van der Waals surface area contributed by atoms with E-state index in [4.69, 9.17) is 4.74 Å². The molecule has 2 aromatic carbocycles. The Morgan fingerprint density at radius 2 is 2.00 bits per heavy atom. The van der Waals surface area contributed by atoms with Crippen LogP contribution < -0.4 is 5.56 Å². The predicted molar refractivity (Wildman–Crippen MR) is 82.7 cm³/mol. The van der Waals surface area contributed by atoms with Crippen LogP contribution >= 0.6 is 0 Å². The smallest absolute Gasteiger partial charge is 0.338 e. The SMILES string of the molecule is Cc1cccc(C(=O)OCc2nc3ccccc3c(=O)[nH]2)c1. The Kier molecular flexibility index (Phi) is 3.70. The average molecular weight is 294 g/mol. The van der Waals surface area contributed by atoms with Crippen LogP contribution in [0, 0.1) is 6.92 Å². The van der Waals surface area contributed by atoms with Gasteiger partial charge in [-0.15, -0.1) is 0 Å². The Morgan fingerprint density at radius 3 is 2.82 bits per heavy atom. The summed E-state index contributed by atoms with van der Waals surface area (Å²) in [5, 5.41) is 0.510. The van der Waals surface area contributed by atoms with Crippen molar-refractivity contribution in [1.29, 1.82) is 0 Å². The van der Waals surface area contributed by atoms with Crippen molar-refractivity contribution in [1.82, 2.24) is 9.97 Å². The molecule has 110 valence electrons. The number of fused-ring (bicyclic) bond motifs is 1. The summed E-state index contributed by atoms with van der Waals surface area (Å²) in [7, 11) is 0. The minimum absolute atomic E-state index is 0.0765. The second-order valence-electron chi connectivity index (χ2n) is 4.98. The molecule has 5 nitrogen and oxygen atoms in total. The Balaban J connectivity index is 1.79. The van der Waals surface area contributed by atoms with Gasteiger partial charge >= 0.3 is 5.97 Å². The maximum atomic E-state index is 12.0. The van der Waals surface area contributed by atoms with Crippen molar-refractivity contribution in [2.75, 3.05) is 0 Å². The first-order valence-electron chi connectivity index (χ1n) is 6.85. The van der Waals surface area contributed by atoms with Gasteiger partial charge in [0, 0.05) is 0 Å². The summed E-state index contributed by atoms with van der Waals surface area (Å²) < 4.78 is 5.20. The van der Waals surface area contributed by atoms with Gasteiger partial charge in [-0.2, -0.15) is 0 Å². The van der Waals surface area contributed by atoms with Crippen LogP contribution in [0.15, 0.2) is 53.3 Å². The third-order valence-electron chi connectivity index (χ3n) is 3.26. The molecule has 0 fully saturated rings. The normalized spacial score (nSPS) is 10.6. The molecular weight excluding hydrogens is 280 g/mol. The van der Waals surface area contributed by atoms with Crippen molar-refractivity contribution >= 4 is 16.9 Å². The minimum atomic E-state index is -0.445. The second-order valence-corrected chi connectivity index (χ2v) is 4.98. The van der Waals surface area contributed by atoms with Crippen LogP contribution in [0.25, 0.3) is 10.9 Å². The molecule has 0 bridgehead atoms. The number of nitrogens with one attached hydrogen (secondary N) is 1. The van der Waals surface area contributed by atoms with Crippen molar-refractivity contribution < 1.29 is 9.53 Å². The molecule has 0 saturated carbocycles. The summed E-state index contributed by atoms with van der Waals surface area (Å²) in [5.41, 5.74) is 1.79. The number of hydrogen-bond acceptors (Lipinski definition) is 4. The van der Waals surface area contributed by atoms with E-state index < -0.39 is 5.97 Å². The number of rotatable bonds is 3. The number of esters is 1. The van der Waals surface area contributed by atoms with Crippen molar-refractivity contribution in [2.45, 2.75) is 13.5 Å². The fraction of sp³-hybridized carbons (Fsp3) is 0.118. The topological polar surface area (TPSA) is 72.0 Å². The van der Waals surface area contributed by atoms with Crippen molar-refractivity contribution in [3.63, 3.8) is 0 Å². The number of aromatic amines is 1. The highest BCUT2D eigenvalue weighted by Crippen LogP contribution is 2.09. The number of carbonyl (C=O) groups excluding carboxylic acids is 1. The van der Waals surface area contributed by atoms with Gasteiger partial charge in [-0.1, -0.05) is 29.8 Å². The molecule has 0 unspecified atom stereocenters. The molecule has 3 rings (SSSR count). The summed E-state index contributed by atoms with van der Waals surface area (Å²) in [6.07, 6.45) is 0. The Bertz CT molecular complexity index is 900. The third-order valence-corrected chi connectivity index (χ3v) is 3.26. The largest absolute Gasteiger partial charge is 0.454 e. The molecule has 0 spiro atoms. The van der Waals surface area contributed by atoms with E-state index in [0.29, 0.717) is 22.3 Å². The van der Waals surface area contributed by atoms with Crippen LogP contribution in [0.4, 0.5) is 0 Å². The molecule has 0 radical (unpaired) electrons. The lowest BCUT2D eigenvalue weighted by molar-refractivity contribution is 0.0462. The van der Waals surface area contributed by atoms with Crippen LogP contribution in [0.5, 0.6) is 0 Å². The van der Waals surface area contributed by atoms with Gasteiger partial charge in [-0.05, 0) is 31.2 Å². The van der Waals surface area contributed by atoms with Gasteiger partial charge in [0.1, 0.15) is 12.4 Å². The van der Waals surface area contributed by atoms with E-state index in [1.54, 1.807) is 42.5 Å². The summed E-state index contributed by atoms with van der Waals surface area (Å²) in [6.45, 7) is 1.83. The third kappa shape index (κ3) is 2.88. The lowest BCUT2D eigenvalue weighted by Crippen LogP contribution is -2.14. The first-order chi connectivity index (χ1) is 10.6. The standard InChI is InChI=1S/C17H14N2O3/c1-11-5-4-6-12(9-11)17(21)22-10-15-18-14-8-3-2-7-13(14)16(20)19-15/h2-9H,10H2,1H3,(H,18,19,20). The van der Waals surface area contributed by atoms with Crippen LogP contribution in [0.1, 0.15) is 21.7 Å². The van der Waals surface area contributed by atoms with E-state index in [1.165, 1.54) is 0 Å². The zero-order valence-electron chi connectivity index (χ0n) is 12.0. The van der Waals surface area contributed by atoms with E-state index in [9.17, 15) is 9.59 Å². The second kappa shape index (κ2) is 5.81. The molecule has 5 heteroatoms. The number of H-pyrrole nitrogens is 1. The number of nitrogens with zero attached hydrogens (tertiary/aromatic N) is 1. The summed E-state index contributed by atoms with van der Waals surface area (Å²) >= 11 is 0. The first kappa shape index (κ1) is 14.0. The fourth-order valence-electron chi connectivity index (χ4n) is 2.19. The van der Waals surface area contributed by atoms with Gasteiger partial charge < -0.3 is 9.72 Å². The van der Waals surface area contributed by atoms with E-state index >= 15 is 0 Å². The lowest BCUT2D eigenvalue weighted by atomic mass is 10.1. The van der Waals surface area contributed by atoms with E-state index in [1.807, 2.05) is 13.0 Å². The number of aryl methyl sites for hydroxylation is 1. The van der Waals surface area contributed by atoms with Gasteiger partial charge in [-0.3, -0.25) is 4.79 Å². The number of benzene rings is 2. The Hall–Kier alpha value is -2.95. The first-order valence-corrected chi connectivity index (χ1v) is 6.85. The van der Waals surface area contributed by atoms with Crippen LogP contribution in [-0.2, 0) is 11.3 Å². The molecule has 1 aromatic heterocycles. The monoisotopic (exact) mass is 294 g/mol. The molecule has 1 N–H and O–H groups in total. The van der Waals surface area contributed by atoms with Gasteiger partial charge in [0.25, 0.3) is 5.56 Å². The number of hydrogen-bond donors (Lipinski definition) is 1. The number of para-hydroxylation sites is 1. The lowest BCUT2D eigenvalue weighted by Gasteiger charge is -2.06. The quantitative estimate of drug-likeness (QED) is 0.754. The van der Waals surface area contributed by atoms with Crippen LogP contribution in [-0.4, -0.2) is 15.9 Å². The van der Waals surface area contributed by atoms with Crippen molar-refractivity contribution in [3.05, 3.63) is 75.8 Å². The minimum Gasteiger partial charge on any atom is -0.454 e. The molecule has 1 heterocycles. The molecule has 0 aliphatic rings. The molecule has 0 amide bonds. The molecule has 0 aliphatic heterocycles. The van der Waals surface area contributed by atoms with Crippen molar-refractivity contribution in [3.8, 4) is 0 Å². The molecule has 0 saturated heterocycles. The van der Waals surface area contributed by atoms with Gasteiger partial charge in [0.2, 0.25) is 0 Å². The molecule has 0 atom stereocenters. The van der Waals surface area contributed by atoms with E-state index in [-0.39, 0.29) is 12.2 Å². The summed E-state index contributed by atoms with van der Waals surface area (Å²) in [4.78, 5) is 30.8. The highest BCUT2D eigenvalue weighted by Gasteiger charge is 2.09. The molecule has 0 aliphatic carbocycles. The number of carbonyl (C=O) groups is 1. The predicted octanol–water partition coefficient (Wildman–Crippen LogP) is 2.59. The Morgan fingerprint density at radius 1 is 1.18 bits per heavy atom. The number of aromatic nitrogens is 2. The van der Waals surface area contributed by atoms with E-state index in [0.717, 1.165) is 5.56 Å². The van der Waals surface area contributed by atoms with Gasteiger partial charge in [0.05, 0.1) is 16.5 Å². The highest BCUT2D eigenvalue weighted by atomic mass is 16.5.